The Morgan fingerprint density at radius 3 is 1.93 bits per heavy atom. The number of carbonyl (C=O) groups excluding carboxylic acids is 2. The molecule has 0 heterocycles. The molecule has 0 N–H and O–H groups in total. The third-order valence-electron chi connectivity index (χ3n) is 2.14. The predicted molar refractivity (Wildman–Crippen MR) is 50.3 cm³/mol. The van der Waals surface area contributed by atoms with Crippen LogP contribution in [0, 0.1) is 0 Å². The highest BCUT2D eigenvalue weighted by molar-refractivity contribution is 9.12. The molecule has 0 aromatic carbocycles. The maximum Gasteiger partial charge on any atom is 0.268 e. The number of hydrogen-bond acceptors (Lipinski definition) is 2. The van der Waals surface area contributed by atoms with Crippen LogP contribution < -0.4 is 0 Å². The van der Waals surface area contributed by atoms with Crippen LogP contribution in [-0.2, 0) is 9.59 Å². The lowest BCUT2D eigenvalue weighted by Gasteiger charge is -2.16. The molecular formula is C9H7BrF2O2. The van der Waals surface area contributed by atoms with Gasteiger partial charge in [-0.15, -0.1) is 0 Å². The third kappa shape index (κ3) is 1.56. The van der Waals surface area contributed by atoms with E-state index >= 15 is 0 Å². The van der Waals surface area contributed by atoms with Crippen LogP contribution in [0.1, 0.15) is 13.8 Å². The number of alkyl halides is 2. The van der Waals surface area contributed by atoms with E-state index in [0.29, 0.717) is 0 Å². The van der Waals surface area contributed by atoms with Gasteiger partial charge in [0.15, 0.2) is 11.6 Å². The first-order valence-electron chi connectivity index (χ1n) is 3.82. The topological polar surface area (TPSA) is 34.1 Å². The number of rotatable bonds is 1. The minimum atomic E-state index is -2.93. The highest BCUT2D eigenvalue weighted by atomic mass is 79.9. The van der Waals surface area contributed by atoms with Gasteiger partial charge in [-0.3, -0.25) is 9.59 Å². The Bertz CT molecular complexity index is 380. The molecule has 0 atom stereocenters. The lowest BCUT2D eigenvalue weighted by molar-refractivity contribution is -0.117. The lowest BCUT2D eigenvalue weighted by atomic mass is 9.91. The van der Waals surface area contributed by atoms with Gasteiger partial charge in [0, 0.05) is 11.1 Å². The molecule has 2 nitrogen and oxygen atoms in total. The molecule has 0 bridgehead atoms. The van der Waals surface area contributed by atoms with Crippen LogP contribution in [0.3, 0.4) is 0 Å². The van der Waals surface area contributed by atoms with E-state index in [-0.39, 0.29) is 15.6 Å². The molecule has 1 rings (SSSR count). The largest absolute Gasteiger partial charge is 0.289 e. The second-order valence-electron chi connectivity index (χ2n) is 2.94. The molecule has 1 aliphatic carbocycles. The second kappa shape index (κ2) is 3.73. The molecule has 0 aromatic heterocycles. The quantitative estimate of drug-likeness (QED) is 0.682. The highest BCUT2D eigenvalue weighted by Crippen LogP contribution is 2.31. The minimum absolute atomic E-state index is 0.0912. The molecule has 1 aliphatic rings. The Balaban J connectivity index is 3.34. The van der Waals surface area contributed by atoms with Gasteiger partial charge < -0.3 is 0 Å². The Kier molecular flexibility index (Phi) is 2.99. The molecule has 0 amide bonds. The zero-order chi connectivity index (χ0) is 11.0. The fraction of sp³-hybridized carbons (Fsp3) is 0.333. The molecule has 14 heavy (non-hydrogen) atoms. The van der Waals surface area contributed by atoms with E-state index < -0.39 is 23.6 Å². The van der Waals surface area contributed by atoms with Crippen molar-refractivity contribution < 1.29 is 18.4 Å². The molecule has 0 radical (unpaired) electrons. The summed E-state index contributed by atoms with van der Waals surface area (Å²) in [6, 6.07) is 0. The van der Waals surface area contributed by atoms with Gasteiger partial charge in [-0.2, -0.15) is 0 Å². The summed E-state index contributed by atoms with van der Waals surface area (Å²) in [4.78, 5) is 22.7. The lowest BCUT2D eigenvalue weighted by Crippen LogP contribution is -2.23. The summed E-state index contributed by atoms with van der Waals surface area (Å²) in [5.41, 5.74) is -0.433. The zero-order valence-electron chi connectivity index (χ0n) is 7.53. The van der Waals surface area contributed by atoms with Crippen molar-refractivity contribution in [3.8, 4) is 0 Å². The maximum absolute atomic E-state index is 12.4. The summed E-state index contributed by atoms with van der Waals surface area (Å²) in [5.74, 6) is -1.30. The Hall–Kier alpha value is -0.840. The molecule has 0 saturated heterocycles. The van der Waals surface area contributed by atoms with E-state index in [1.165, 1.54) is 13.8 Å². The number of allylic oxidation sites excluding steroid dienone is 4. The van der Waals surface area contributed by atoms with Crippen molar-refractivity contribution in [2.45, 2.75) is 20.3 Å². The van der Waals surface area contributed by atoms with Crippen molar-refractivity contribution in [2.24, 2.45) is 0 Å². The summed E-state index contributed by atoms with van der Waals surface area (Å²) in [6.45, 7) is 2.82. The van der Waals surface area contributed by atoms with Crippen LogP contribution in [0.2, 0.25) is 0 Å². The van der Waals surface area contributed by atoms with E-state index in [2.05, 4.69) is 15.9 Å². The van der Waals surface area contributed by atoms with Gasteiger partial charge in [-0.05, 0) is 29.8 Å². The number of hydrogen-bond donors (Lipinski definition) is 0. The fourth-order valence-corrected chi connectivity index (χ4v) is 1.77. The molecule has 0 saturated carbocycles. The van der Waals surface area contributed by atoms with Gasteiger partial charge in [-0.25, -0.2) is 8.78 Å². The van der Waals surface area contributed by atoms with E-state index in [1.54, 1.807) is 0 Å². The molecule has 0 unspecified atom stereocenters. The van der Waals surface area contributed by atoms with Crippen molar-refractivity contribution in [2.75, 3.05) is 0 Å². The van der Waals surface area contributed by atoms with E-state index in [4.69, 9.17) is 0 Å². The highest BCUT2D eigenvalue weighted by Gasteiger charge is 2.33. The van der Waals surface area contributed by atoms with Crippen molar-refractivity contribution in [3.05, 3.63) is 21.2 Å². The molecule has 0 aromatic rings. The number of ketones is 2. The van der Waals surface area contributed by atoms with Crippen molar-refractivity contribution in [1.82, 2.24) is 0 Å². The van der Waals surface area contributed by atoms with Crippen LogP contribution in [0.4, 0.5) is 8.78 Å². The van der Waals surface area contributed by atoms with E-state index in [0.717, 1.165) is 0 Å². The minimum Gasteiger partial charge on any atom is -0.289 e. The SMILES string of the molecule is CC1=C(C)C(=O)C(C(F)F)=C(Br)C1=O. The van der Waals surface area contributed by atoms with Gasteiger partial charge in [0.1, 0.15) is 0 Å². The first-order chi connectivity index (χ1) is 6.37. The number of carbonyl (C=O) groups is 2. The van der Waals surface area contributed by atoms with Crippen molar-refractivity contribution >= 4 is 27.5 Å². The summed E-state index contributed by atoms with van der Waals surface area (Å²) in [6.07, 6.45) is -2.93. The molecule has 5 heteroatoms. The van der Waals surface area contributed by atoms with Gasteiger partial charge in [-0.1, -0.05) is 0 Å². The normalized spacial score (nSPS) is 18.7. The Morgan fingerprint density at radius 2 is 1.50 bits per heavy atom. The summed E-state index contributed by atoms with van der Waals surface area (Å²) in [5, 5.41) is 0. The average molecular weight is 265 g/mol. The third-order valence-corrected chi connectivity index (χ3v) is 2.93. The van der Waals surface area contributed by atoms with Gasteiger partial charge in [0.2, 0.25) is 0 Å². The van der Waals surface area contributed by atoms with Gasteiger partial charge in [0.05, 0.1) is 10.1 Å². The molecule has 76 valence electrons. The second-order valence-corrected chi connectivity index (χ2v) is 3.73. The molecular weight excluding hydrogens is 258 g/mol. The van der Waals surface area contributed by atoms with Crippen LogP contribution in [0.5, 0.6) is 0 Å². The first-order valence-corrected chi connectivity index (χ1v) is 4.62. The summed E-state index contributed by atoms with van der Waals surface area (Å²) < 4.78 is 24.5. The Labute approximate surface area is 87.8 Å². The van der Waals surface area contributed by atoms with Gasteiger partial charge >= 0.3 is 0 Å². The average Bonchev–Trinajstić information content (AvgIpc) is 2.11. The Morgan fingerprint density at radius 1 is 1.07 bits per heavy atom. The monoisotopic (exact) mass is 264 g/mol. The van der Waals surface area contributed by atoms with Gasteiger partial charge in [0.25, 0.3) is 6.43 Å². The smallest absolute Gasteiger partial charge is 0.268 e. The van der Waals surface area contributed by atoms with E-state index in [9.17, 15) is 18.4 Å². The standard InChI is InChI=1S/C9H7BrF2O2/c1-3-4(2)8(14)6(10)5(7(3)13)9(11)12/h9H,1-2H3. The van der Waals surface area contributed by atoms with E-state index in [1.807, 2.05) is 0 Å². The molecule has 0 spiro atoms. The van der Waals surface area contributed by atoms with Crippen LogP contribution >= 0.6 is 15.9 Å². The first kappa shape index (κ1) is 11.2. The molecule has 0 aliphatic heterocycles. The summed E-state index contributed by atoms with van der Waals surface area (Å²) >= 11 is 2.72. The zero-order valence-corrected chi connectivity index (χ0v) is 9.11. The van der Waals surface area contributed by atoms with Crippen LogP contribution in [0.15, 0.2) is 21.2 Å². The number of Topliss-reactive ketones (excluding diaryl/α,β-unsaturated/α-hetero) is 2. The fourth-order valence-electron chi connectivity index (χ4n) is 1.12. The van der Waals surface area contributed by atoms with Crippen molar-refractivity contribution in [3.63, 3.8) is 0 Å². The van der Waals surface area contributed by atoms with Crippen LogP contribution in [0.25, 0.3) is 0 Å². The van der Waals surface area contributed by atoms with Crippen molar-refractivity contribution in [1.29, 1.82) is 0 Å². The molecule has 0 fully saturated rings. The summed E-state index contributed by atoms with van der Waals surface area (Å²) in [7, 11) is 0. The predicted octanol–water partition coefficient (Wildman–Crippen LogP) is 2.39. The maximum atomic E-state index is 12.4. The van der Waals surface area contributed by atoms with Crippen LogP contribution in [-0.4, -0.2) is 18.0 Å². The number of halogens is 3.